The third-order valence-electron chi connectivity index (χ3n) is 4.00. The lowest BCUT2D eigenvalue weighted by atomic mass is 9.79. The van der Waals surface area contributed by atoms with E-state index in [1.165, 1.54) is 18.1 Å². The molecule has 0 aromatic heterocycles. The molecule has 0 saturated carbocycles. The van der Waals surface area contributed by atoms with Gasteiger partial charge in [0.25, 0.3) is 0 Å². The van der Waals surface area contributed by atoms with Crippen LogP contribution in [0.2, 0.25) is 0 Å². The van der Waals surface area contributed by atoms with E-state index in [2.05, 4.69) is 13.0 Å². The van der Waals surface area contributed by atoms with Crippen LogP contribution in [0, 0.1) is 12.3 Å². The number of hydrogen-bond acceptors (Lipinski definition) is 3. The second-order valence-corrected chi connectivity index (χ2v) is 5.71. The van der Waals surface area contributed by atoms with Gasteiger partial charge in [0.2, 0.25) is 0 Å². The summed E-state index contributed by atoms with van der Waals surface area (Å²) < 4.78 is 4.87. The van der Waals surface area contributed by atoms with E-state index in [0.29, 0.717) is 0 Å². The molecule has 2 aromatic carbocycles. The summed E-state index contributed by atoms with van der Waals surface area (Å²) in [6, 6.07) is 11.8. The molecule has 0 spiro atoms. The van der Waals surface area contributed by atoms with E-state index in [-0.39, 0.29) is 18.4 Å². The lowest BCUT2D eigenvalue weighted by Gasteiger charge is -2.30. The fraction of sp³-hybridized carbons (Fsp3) is 0.353. The lowest BCUT2D eigenvalue weighted by Crippen LogP contribution is -2.37. The van der Waals surface area contributed by atoms with Crippen molar-refractivity contribution in [2.75, 3.05) is 7.11 Å². The minimum absolute atomic E-state index is 0. The van der Waals surface area contributed by atoms with Crippen molar-refractivity contribution in [3.8, 4) is 0 Å². The Bertz CT molecular complexity index is 652. The van der Waals surface area contributed by atoms with Gasteiger partial charge in [0, 0.05) is 6.04 Å². The molecule has 0 fully saturated rings. The van der Waals surface area contributed by atoms with Crippen LogP contribution < -0.4 is 5.73 Å². The summed E-state index contributed by atoms with van der Waals surface area (Å²) >= 11 is 0. The van der Waals surface area contributed by atoms with E-state index < -0.39 is 11.5 Å². The molecule has 0 bridgehead atoms. The maximum atomic E-state index is 11.9. The van der Waals surface area contributed by atoms with E-state index >= 15 is 0 Å². The van der Waals surface area contributed by atoms with Crippen LogP contribution in [0.1, 0.15) is 31.0 Å². The number of fused-ring (bicyclic) bond motifs is 1. The average Bonchev–Trinajstić information content (AvgIpc) is 2.46. The van der Waals surface area contributed by atoms with Gasteiger partial charge >= 0.3 is 5.97 Å². The number of esters is 1. The first kappa shape index (κ1) is 17.5. The molecule has 0 radical (unpaired) electrons. The third kappa shape index (κ3) is 3.04. The molecule has 3 nitrogen and oxygen atoms in total. The van der Waals surface area contributed by atoms with Gasteiger partial charge < -0.3 is 10.5 Å². The van der Waals surface area contributed by atoms with Crippen LogP contribution in [-0.2, 0) is 9.53 Å². The van der Waals surface area contributed by atoms with Gasteiger partial charge in [-0.2, -0.15) is 0 Å². The zero-order chi connectivity index (χ0) is 14.9. The first-order valence-electron chi connectivity index (χ1n) is 6.72. The number of ether oxygens (including phenoxy) is 1. The van der Waals surface area contributed by atoms with Gasteiger partial charge in [0.15, 0.2) is 0 Å². The van der Waals surface area contributed by atoms with E-state index in [0.717, 1.165) is 10.9 Å². The summed E-state index contributed by atoms with van der Waals surface area (Å²) in [6.45, 7) is 5.71. The number of carbonyl (C=O) groups is 1. The van der Waals surface area contributed by atoms with E-state index in [4.69, 9.17) is 10.5 Å². The normalized spacial score (nSPS) is 12.6. The van der Waals surface area contributed by atoms with E-state index in [1.54, 1.807) is 0 Å². The molecule has 0 saturated heterocycles. The molecule has 4 heteroatoms. The lowest BCUT2D eigenvalue weighted by molar-refractivity contribution is -0.152. The van der Waals surface area contributed by atoms with Gasteiger partial charge in [-0.15, -0.1) is 12.4 Å². The Morgan fingerprint density at radius 2 is 1.71 bits per heavy atom. The maximum absolute atomic E-state index is 11.9. The fourth-order valence-corrected chi connectivity index (χ4v) is 2.52. The van der Waals surface area contributed by atoms with Crippen LogP contribution >= 0.6 is 12.4 Å². The van der Waals surface area contributed by atoms with Crippen LogP contribution in [0.4, 0.5) is 0 Å². The number of hydrogen-bond donors (Lipinski definition) is 1. The number of carbonyl (C=O) groups excluding carboxylic acids is 1. The SMILES string of the molecule is COC(=O)C(C)(C)[C@@H](N)c1ccc(C)c2ccccc12.Cl. The predicted molar refractivity (Wildman–Crippen MR) is 88.7 cm³/mol. The van der Waals surface area contributed by atoms with Gasteiger partial charge in [-0.25, -0.2) is 0 Å². The van der Waals surface area contributed by atoms with Crippen LogP contribution in [0.25, 0.3) is 10.8 Å². The van der Waals surface area contributed by atoms with Crippen LogP contribution in [-0.4, -0.2) is 13.1 Å². The minimum Gasteiger partial charge on any atom is -0.469 e. The summed E-state index contributed by atoms with van der Waals surface area (Å²) in [5.74, 6) is -0.297. The van der Waals surface area contributed by atoms with Crippen molar-refractivity contribution in [2.24, 2.45) is 11.1 Å². The summed E-state index contributed by atoms with van der Waals surface area (Å²) in [4.78, 5) is 11.9. The van der Waals surface area contributed by atoms with Crippen LogP contribution in [0.15, 0.2) is 36.4 Å². The van der Waals surface area contributed by atoms with E-state index in [9.17, 15) is 4.79 Å². The fourth-order valence-electron chi connectivity index (χ4n) is 2.52. The Hall–Kier alpha value is -1.58. The van der Waals surface area contributed by atoms with E-state index in [1.807, 2.05) is 44.2 Å². The van der Waals surface area contributed by atoms with Gasteiger partial charge in [-0.3, -0.25) is 4.79 Å². The van der Waals surface area contributed by atoms with Crippen molar-refractivity contribution >= 4 is 29.1 Å². The molecule has 1 atom stereocenters. The Balaban J connectivity index is 0.00000220. The highest BCUT2D eigenvalue weighted by atomic mass is 35.5. The molecule has 0 amide bonds. The number of benzene rings is 2. The van der Waals surface area contributed by atoms with Gasteiger partial charge in [-0.1, -0.05) is 36.4 Å². The molecule has 0 unspecified atom stereocenters. The maximum Gasteiger partial charge on any atom is 0.313 e. The summed E-state index contributed by atoms with van der Waals surface area (Å²) in [6.07, 6.45) is 0. The second kappa shape index (κ2) is 6.46. The quantitative estimate of drug-likeness (QED) is 0.878. The number of methoxy groups -OCH3 is 1. The summed E-state index contributed by atoms with van der Waals surface area (Å²) in [5, 5.41) is 2.26. The molecule has 2 rings (SSSR count). The highest BCUT2D eigenvalue weighted by Crippen LogP contribution is 2.36. The molecule has 21 heavy (non-hydrogen) atoms. The third-order valence-corrected chi connectivity index (χ3v) is 4.00. The van der Waals surface area contributed by atoms with Crippen molar-refractivity contribution in [1.82, 2.24) is 0 Å². The second-order valence-electron chi connectivity index (χ2n) is 5.71. The van der Waals surface area contributed by atoms with Crippen molar-refractivity contribution < 1.29 is 9.53 Å². The summed E-state index contributed by atoms with van der Waals surface area (Å²) in [7, 11) is 1.39. The Morgan fingerprint density at radius 1 is 1.14 bits per heavy atom. The molecule has 0 aliphatic rings. The molecule has 2 aromatic rings. The number of nitrogens with two attached hydrogens (primary N) is 1. The van der Waals surface area contributed by atoms with Crippen molar-refractivity contribution in [1.29, 1.82) is 0 Å². The molecule has 114 valence electrons. The van der Waals surface area contributed by atoms with Gasteiger partial charge in [0.1, 0.15) is 0 Å². The zero-order valence-electron chi connectivity index (χ0n) is 12.8. The largest absolute Gasteiger partial charge is 0.469 e. The Kier molecular flexibility index (Phi) is 5.37. The Morgan fingerprint density at radius 3 is 2.29 bits per heavy atom. The van der Waals surface area contributed by atoms with Crippen LogP contribution in [0.3, 0.4) is 0 Å². The molecule has 0 aliphatic heterocycles. The summed E-state index contributed by atoms with van der Waals surface area (Å²) in [5.41, 5.74) is 7.77. The van der Waals surface area contributed by atoms with Crippen molar-refractivity contribution in [2.45, 2.75) is 26.8 Å². The molecular weight excluding hydrogens is 286 g/mol. The predicted octanol–water partition coefficient (Wildman–Crippen LogP) is 3.77. The first-order valence-corrected chi connectivity index (χ1v) is 6.72. The molecule has 0 aliphatic carbocycles. The highest BCUT2D eigenvalue weighted by Gasteiger charge is 2.37. The van der Waals surface area contributed by atoms with Crippen molar-refractivity contribution in [3.63, 3.8) is 0 Å². The standard InChI is InChI=1S/C17H21NO2.ClH/c1-11-9-10-14(13-8-6-5-7-12(11)13)15(18)17(2,3)16(19)20-4;/h5-10,15H,18H2,1-4H3;1H/t15-;/m0./s1. The number of rotatable bonds is 3. The average molecular weight is 308 g/mol. The minimum atomic E-state index is -0.771. The zero-order valence-corrected chi connectivity index (χ0v) is 13.7. The smallest absolute Gasteiger partial charge is 0.313 e. The molecule has 0 heterocycles. The topological polar surface area (TPSA) is 52.3 Å². The molecule has 2 N–H and O–H groups in total. The highest BCUT2D eigenvalue weighted by molar-refractivity contribution is 5.90. The first-order chi connectivity index (χ1) is 9.39. The molecular formula is C17H22ClNO2. The van der Waals surface area contributed by atoms with Crippen LogP contribution in [0.5, 0.6) is 0 Å². The number of aryl methyl sites for hydroxylation is 1. The van der Waals surface area contributed by atoms with Gasteiger partial charge in [0.05, 0.1) is 12.5 Å². The Labute approximate surface area is 131 Å². The van der Waals surface area contributed by atoms with Crippen molar-refractivity contribution in [3.05, 3.63) is 47.5 Å². The number of halogens is 1. The van der Waals surface area contributed by atoms with Gasteiger partial charge in [-0.05, 0) is 42.7 Å². The monoisotopic (exact) mass is 307 g/mol.